The molecule has 0 saturated carbocycles. The lowest BCUT2D eigenvalue weighted by Crippen LogP contribution is -2.33. The van der Waals surface area contributed by atoms with Gasteiger partial charge in [0.15, 0.2) is 0 Å². The molecule has 0 aliphatic carbocycles. The molecule has 114 valence electrons. The molecule has 2 N–H and O–H groups in total. The van der Waals surface area contributed by atoms with Crippen molar-refractivity contribution in [1.82, 2.24) is 10.0 Å². The summed E-state index contributed by atoms with van der Waals surface area (Å²) in [6.07, 6.45) is 1.28. The Morgan fingerprint density at radius 1 is 1.00 bits per heavy atom. The maximum atomic E-state index is 12.2. The molecule has 0 atom stereocenters. The Morgan fingerprint density at radius 2 is 1.61 bits per heavy atom. The van der Waals surface area contributed by atoms with Gasteiger partial charge < -0.3 is 10.6 Å². The molecule has 23 heavy (non-hydrogen) atoms. The van der Waals surface area contributed by atoms with Crippen LogP contribution in [0.4, 0.5) is 0 Å². The van der Waals surface area contributed by atoms with Crippen LogP contribution in [-0.2, 0) is 4.84 Å². The summed E-state index contributed by atoms with van der Waals surface area (Å²) in [6.45, 7) is 0. The molecule has 1 aliphatic rings. The van der Waals surface area contributed by atoms with Crippen LogP contribution in [0.25, 0.3) is 0 Å². The predicted octanol–water partition coefficient (Wildman–Crippen LogP) is 0.548. The second kappa shape index (κ2) is 5.34. The van der Waals surface area contributed by atoms with E-state index in [1.54, 1.807) is 12.1 Å². The number of amides is 3. The fraction of sp³-hybridized carbons (Fsp3) is 0. The van der Waals surface area contributed by atoms with Crippen molar-refractivity contribution in [3.63, 3.8) is 0 Å². The van der Waals surface area contributed by atoms with Crippen LogP contribution < -0.4 is 5.73 Å². The van der Waals surface area contributed by atoms with Gasteiger partial charge in [0, 0.05) is 6.20 Å². The van der Waals surface area contributed by atoms with Gasteiger partial charge in [0.1, 0.15) is 5.69 Å². The Morgan fingerprint density at radius 3 is 2.17 bits per heavy atom. The molecule has 3 rings (SSSR count). The number of hydrogen-bond acceptors (Lipinski definition) is 6. The van der Waals surface area contributed by atoms with Gasteiger partial charge in [-0.1, -0.05) is 17.2 Å². The molecule has 0 spiro atoms. The Labute approximate surface area is 129 Å². The molecule has 0 bridgehead atoms. The largest absolute Gasteiger partial charge is 0.366 e. The van der Waals surface area contributed by atoms with E-state index in [4.69, 9.17) is 10.6 Å². The van der Waals surface area contributed by atoms with E-state index in [0.29, 0.717) is 5.06 Å². The first-order valence-corrected chi connectivity index (χ1v) is 6.45. The van der Waals surface area contributed by atoms with E-state index < -0.39 is 23.7 Å². The molecule has 0 saturated heterocycles. The summed E-state index contributed by atoms with van der Waals surface area (Å²) >= 11 is 0. The highest BCUT2D eigenvalue weighted by atomic mass is 16.7. The maximum absolute atomic E-state index is 12.2. The highest BCUT2D eigenvalue weighted by Gasteiger charge is 2.39. The molecular weight excluding hydrogens is 302 g/mol. The number of carbonyl (C=O) groups excluding carboxylic acids is 4. The minimum absolute atomic E-state index is 0.131. The number of hydrogen-bond donors (Lipinski definition) is 1. The smallest absolute Gasteiger partial charge is 0.364 e. The summed E-state index contributed by atoms with van der Waals surface area (Å²) in [6, 6.07) is 8.72. The summed E-state index contributed by atoms with van der Waals surface area (Å²) in [4.78, 5) is 56.2. The Balaban J connectivity index is 1.90. The molecule has 2 aromatic rings. The van der Waals surface area contributed by atoms with Crippen LogP contribution >= 0.6 is 0 Å². The van der Waals surface area contributed by atoms with Crippen molar-refractivity contribution in [1.29, 1.82) is 0 Å². The maximum Gasteiger partial charge on any atom is 0.366 e. The van der Waals surface area contributed by atoms with Crippen molar-refractivity contribution in [3.05, 3.63) is 65.0 Å². The highest BCUT2D eigenvalue weighted by Crippen LogP contribution is 2.23. The second-order valence-corrected chi connectivity index (χ2v) is 4.59. The molecule has 0 fully saturated rings. The van der Waals surface area contributed by atoms with E-state index in [1.807, 2.05) is 0 Å². The van der Waals surface area contributed by atoms with E-state index in [1.165, 1.54) is 30.5 Å². The van der Waals surface area contributed by atoms with Crippen molar-refractivity contribution in [2.45, 2.75) is 0 Å². The number of carbonyl (C=O) groups is 4. The number of benzene rings is 1. The van der Waals surface area contributed by atoms with Gasteiger partial charge in [-0.2, -0.15) is 0 Å². The van der Waals surface area contributed by atoms with E-state index in [2.05, 4.69) is 4.98 Å². The van der Waals surface area contributed by atoms with E-state index in [0.717, 1.165) is 0 Å². The normalized spacial score (nSPS) is 13.0. The van der Waals surface area contributed by atoms with Gasteiger partial charge in [0.05, 0.1) is 16.7 Å². The van der Waals surface area contributed by atoms with Crippen molar-refractivity contribution in [3.8, 4) is 0 Å². The molecule has 3 amide bonds. The highest BCUT2D eigenvalue weighted by molar-refractivity contribution is 6.21. The van der Waals surface area contributed by atoms with Crippen LogP contribution in [0.3, 0.4) is 0 Å². The van der Waals surface area contributed by atoms with E-state index >= 15 is 0 Å². The zero-order chi connectivity index (χ0) is 16.6. The number of nitrogens with zero attached hydrogens (tertiary/aromatic N) is 2. The lowest BCUT2D eigenvalue weighted by atomic mass is 10.1. The Hall–Kier alpha value is -3.55. The molecular formula is C15H9N3O5. The SMILES string of the molecule is NC(=O)c1ncccc1C(=O)ON1C(=O)c2ccccc2C1=O. The minimum atomic E-state index is -1.08. The number of aromatic nitrogens is 1. The van der Waals surface area contributed by atoms with Gasteiger partial charge >= 0.3 is 5.97 Å². The fourth-order valence-electron chi connectivity index (χ4n) is 2.15. The first kappa shape index (κ1) is 14.4. The summed E-state index contributed by atoms with van der Waals surface area (Å²) in [5.41, 5.74) is 4.84. The van der Waals surface area contributed by atoms with Gasteiger partial charge in [0.2, 0.25) is 0 Å². The van der Waals surface area contributed by atoms with Crippen LogP contribution in [-0.4, -0.2) is 33.7 Å². The molecule has 0 radical (unpaired) electrons. The van der Waals surface area contributed by atoms with Crippen LogP contribution in [0.15, 0.2) is 42.6 Å². The number of nitrogens with two attached hydrogens (primary N) is 1. The van der Waals surface area contributed by atoms with Gasteiger partial charge in [0.25, 0.3) is 17.7 Å². The van der Waals surface area contributed by atoms with Crippen molar-refractivity contribution in [2.75, 3.05) is 0 Å². The quantitative estimate of drug-likeness (QED) is 0.826. The van der Waals surface area contributed by atoms with Crippen LogP contribution in [0.5, 0.6) is 0 Å². The third kappa shape index (κ3) is 2.31. The monoisotopic (exact) mass is 311 g/mol. The molecule has 2 heterocycles. The summed E-state index contributed by atoms with van der Waals surface area (Å²) < 4.78 is 0. The van der Waals surface area contributed by atoms with Crippen molar-refractivity contribution < 1.29 is 24.0 Å². The Bertz CT molecular complexity index is 827. The number of fused-ring (bicyclic) bond motifs is 1. The Kier molecular flexibility index (Phi) is 3.34. The van der Waals surface area contributed by atoms with Crippen molar-refractivity contribution >= 4 is 23.7 Å². The standard InChI is InChI=1S/C15H9N3O5/c16-12(19)11-10(6-3-7-17-11)15(22)23-18-13(20)8-4-1-2-5-9(8)14(18)21/h1-7H,(H2,16,19). The van der Waals surface area contributed by atoms with Crippen LogP contribution in [0.1, 0.15) is 41.6 Å². The molecule has 1 aliphatic heterocycles. The fourth-order valence-corrected chi connectivity index (χ4v) is 2.15. The number of rotatable bonds is 3. The average Bonchev–Trinajstić information content (AvgIpc) is 2.80. The van der Waals surface area contributed by atoms with E-state index in [-0.39, 0.29) is 22.4 Å². The van der Waals surface area contributed by atoms with Crippen LogP contribution in [0.2, 0.25) is 0 Å². The molecule has 1 aromatic heterocycles. The predicted molar refractivity (Wildman–Crippen MR) is 75.1 cm³/mol. The zero-order valence-corrected chi connectivity index (χ0v) is 11.6. The summed E-state index contributed by atoms with van der Waals surface area (Å²) in [7, 11) is 0. The third-order valence-corrected chi connectivity index (χ3v) is 3.19. The van der Waals surface area contributed by atoms with Gasteiger partial charge in [-0.25, -0.2) is 4.79 Å². The number of hydroxylamine groups is 2. The molecule has 0 unspecified atom stereocenters. The van der Waals surface area contributed by atoms with Gasteiger partial charge in [-0.15, -0.1) is 0 Å². The first-order valence-electron chi connectivity index (χ1n) is 6.45. The topological polar surface area (TPSA) is 120 Å². The summed E-state index contributed by atoms with van der Waals surface area (Å²) in [5, 5.41) is 0.352. The molecule has 8 nitrogen and oxygen atoms in total. The zero-order valence-electron chi connectivity index (χ0n) is 11.6. The summed E-state index contributed by atoms with van der Waals surface area (Å²) in [5.74, 6) is -3.53. The minimum Gasteiger partial charge on any atom is -0.364 e. The van der Waals surface area contributed by atoms with Crippen LogP contribution in [0, 0.1) is 0 Å². The number of primary amides is 1. The number of pyridine rings is 1. The van der Waals surface area contributed by atoms with Gasteiger partial charge in [-0.05, 0) is 24.3 Å². The lowest BCUT2D eigenvalue weighted by molar-refractivity contribution is -0.0585. The second-order valence-electron chi connectivity index (χ2n) is 4.59. The van der Waals surface area contributed by atoms with Gasteiger partial charge in [-0.3, -0.25) is 19.4 Å². The third-order valence-electron chi connectivity index (χ3n) is 3.19. The van der Waals surface area contributed by atoms with Crippen molar-refractivity contribution in [2.24, 2.45) is 5.73 Å². The average molecular weight is 311 g/mol. The number of imide groups is 1. The van der Waals surface area contributed by atoms with E-state index in [9.17, 15) is 19.2 Å². The molecule has 8 heteroatoms. The molecule has 1 aromatic carbocycles. The lowest BCUT2D eigenvalue weighted by Gasteiger charge is -2.13. The first-order chi connectivity index (χ1) is 11.0.